The first kappa shape index (κ1) is 12.7. The standard InChI is InChI=1S/C11H10IN5O/c12-7-2-1-3-8(4-7)16-11(18)9-5-15-10(17-13)6-14-9/h1-6H,13H2,(H,15,17)(H,16,18). The molecule has 2 aromatic rings. The summed E-state index contributed by atoms with van der Waals surface area (Å²) in [5, 5.41) is 2.74. The maximum atomic E-state index is 11.9. The summed E-state index contributed by atoms with van der Waals surface area (Å²) in [6.07, 6.45) is 2.75. The number of anilines is 2. The fourth-order valence-corrected chi connectivity index (χ4v) is 1.82. The van der Waals surface area contributed by atoms with E-state index in [1.165, 1.54) is 12.4 Å². The van der Waals surface area contributed by atoms with Gasteiger partial charge in [-0.25, -0.2) is 15.8 Å². The van der Waals surface area contributed by atoms with Crippen molar-refractivity contribution >= 4 is 40.0 Å². The van der Waals surface area contributed by atoms with Crippen molar-refractivity contribution in [3.8, 4) is 0 Å². The molecule has 92 valence electrons. The number of nitrogens with one attached hydrogen (secondary N) is 2. The molecule has 7 heteroatoms. The van der Waals surface area contributed by atoms with Gasteiger partial charge in [0.25, 0.3) is 5.91 Å². The fraction of sp³-hybridized carbons (Fsp3) is 0. The molecule has 1 aromatic heterocycles. The minimum Gasteiger partial charge on any atom is -0.321 e. The Labute approximate surface area is 117 Å². The number of hydrogen-bond acceptors (Lipinski definition) is 5. The van der Waals surface area contributed by atoms with E-state index in [0.29, 0.717) is 5.82 Å². The second-order valence-electron chi connectivity index (χ2n) is 3.40. The summed E-state index contributed by atoms with van der Waals surface area (Å²) >= 11 is 2.17. The second-order valence-corrected chi connectivity index (χ2v) is 4.64. The van der Waals surface area contributed by atoms with Gasteiger partial charge in [-0.2, -0.15) is 0 Å². The number of nitrogens with zero attached hydrogens (tertiary/aromatic N) is 2. The molecule has 0 unspecified atom stereocenters. The molecule has 0 atom stereocenters. The normalized spacial score (nSPS) is 9.89. The van der Waals surface area contributed by atoms with Crippen LogP contribution in [0.25, 0.3) is 0 Å². The minimum atomic E-state index is -0.312. The number of hydrogen-bond donors (Lipinski definition) is 3. The van der Waals surface area contributed by atoms with Gasteiger partial charge in [-0.15, -0.1) is 0 Å². The van der Waals surface area contributed by atoms with E-state index >= 15 is 0 Å². The molecule has 2 rings (SSSR count). The van der Waals surface area contributed by atoms with E-state index in [1.54, 1.807) is 0 Å². The predicted molar refractivity (Wildman–Crippen MR) is 77.0 cm³/mol. The van der Waals surface area contributed by atoms with Gasteiger partial charge >= 0.3 is 0 Å². The molecule has 0 aliphatic carbocycles. The topological polar surface area (TPSA) is 92.9 Å². The van der Waals surface area contributed by atoms with Gasteiger partial charge in [-0.05, 0) is 40.8 Å². The summed E-state index contributed by atoms with van der Waals surface area (Å²) in [5.41, 5.74) is 3.29. The molecule has 0 spiro atoms. The smallest absolute Gasteiger partial charge is 0.275 e. The Bertz CT molecular complexity index is 558. The monoisotopic (exact) mass is 355 g/mol. The van der Waals surface area contributed by atoms with Crippen molar-refractivity contribution in [3.05, 3.63) is 45.9 Å². The van der Waals surface area contributed by atoms with Crippen molar-refractivity contribution in [3.63, 3.8) is 0 Å². The average Bonchev–Trinajstić information content (AvgIpc) is 2.39. The number of rotatable bonds is 3. The minimum absolute atomic E-state index is 0.230. The summed E-state index contributed by atoms with van der Waals surface area (Å²) in [6.45, 7) is 0. The van der Waals surface area contributed by atoms with Crippen LogP contribution in [0, 0.1) is 3.57 Å². The largest absolute Gasteiger partial charge is 0.321 e. The molecule has 0 bridgehead atoms. The van der Waals surface area contributed by atoms with E-state index in [2.05, 4.69) is 43.3 Å². The van der Waals surface area contributed by atoms with Crippen molar-refractivity contribution in [2.75, 3.05) is 10.7 Å². The lowest BCUT2D eigenvalue weighted by atomic mass is 10.3. The summed E-state index contributed by atoms with van der Waals surface area (Å²) in [5.74, 6) is 5.25. The highest BCUT2D eigenvalue weighted by molar-refractivity contribution is 14.1. The van der Waals surface area contributed by atoms with Crippen molar-refractivity contribution in [2.45, 2.75) is 0 Å². The van der Waals surface area contributed by atoms with Gasteiger partial charge in [0.05, 0.1) is 12.4 Å². The van der Waals surface area contributed by atoms with Crippen molar-refractivity contribution in [2.24, 2.45) is 5.84 Å². The zero-order chi connectivity index (χ0) is 13.0. The van der Waals surface area contributed by atoms with Crippen LogP contribution in [0.1, 0.15) is 10.5 Å². The number of nitrogen functional groups attached to an aromatic ring is 1. The SMILES string of the molecule is NNc1cnc(C(=O)Nc2cccc(I)c2)cn1. The third-order valence-corrected chi connectivity index (χ3v) is 2.79. The number of carbonyl (C=O) groups excluding carboxylic acids is 1. The maximum Gasteiger partial charge on any atom is 0.275 e. The molecule has 18 heavy (non-hydrogen) atoms. The average molecular weight is 355 g/mol. The molecule has 0 aliphatic heterocycles. The van der Waals surface area contributed by atoms with Crippen molar-refractivity contribution < 1.29 is 4.79 Å². The van der Waals surface area contributed by atoms with E-state index in [1.807, 2.05) is 24.3 Å². The lowest BCUT2D eigenvalue weighted by Gasteiger charge is -2.05. The summed E-state index contributed by atoms with van der Waals surface area (Å²) in [6, 6.07) is 7.48. The van der Waals surface area contributed by atoms with Crippen LogP contribution in [-0.2, 0) is 0 Å². The Morgan fingerprint density at radius 2 is 2.11 bits per heavy atom. The molecule has 4 N–H and O–H groups in total. The van der Waals surface area contributed by atoms with Crippen LogP contribution in [0.15, 0.2) is 36.7 Å². The van der Waals surface area contributed by atoms with E-state index in [4.69, 9.17) is 5.84 Å². The van der Waals surface area contributed by atoms with E-state index in [0.717, 1.165) is 9.26 Å². The van der Waals surface area contributed by atoms with Crippen molar-refractivity contribution in [1.82, 2.24) is 9.97 Å². The quantitative estimate of drug-likeness (QED) is 0.442. The van der Waals surface area contributed by atoms with Gasteiger partial charge in [0.15, 0.2) is 5.82 Å². The highest BCUT2D eigenvalue weighted by atomic mass is 127. The second kappa shape index (κ2) is 5.74. The molecule has 1 aromatic carbocycles. The maximum absolute atomic E-state index is 11.9. The van der Waals surface area contributed by atoms with Crippen LogP contribution in [0.3, 0.4) is 0 Å². The highest BCUT2D eigenvalue weighted by Gasteiger charge is 2.08. The molecular weight excluding hydrogens is 345 g/mol. The van der Waals surface area contributed by atoms with E-state index in [-0.39, 0.29) is 11.6 Å². The van der Waals surface area contributed by atoms with Crippen LogP contribution in [0.2, 0.25) is 0 Å². The van der Waals surface area contributed by atoms with Gasteiger partial charge in [0, 0.05) is 9.26 Å². The fourth-order valence-electron chi connectivity index (χ4n) is 1.28. The van der Waals surface area contributed by atoms with Gasteiger partial charge in [0.1, 0.15) is 5.69 Å². The third-order valence-electron chi connectivity index (χ3n) is 2.11. The Morgan fingerprint density at radius 3 is 2.72 bits per heavy atom. The number of nitrogens with two attached hydrogens (primary N) is 1. The highest BCUT2D eigenvalue weighted by Crippen LogP contribution is 2.13. The first-order chi connectivity index (χ1) is 8.69. The molecule has 0 radical (unpaired) electrons. The zero-order valence-corrected chi connectivity index (χ0v) is 11.4. The number of hydrazine groups is 1. The molecule has 0 saturated carbocycles. The molecule has 0 aliphatic rings. The summed E-state index contributed by atoms with van der Waals surface area (Å²) in [7, 11) is 0. The number of amides is 1. The van der Waals surface area contributed by atoms with E-state index in [9.17, 15) is 4.79 Å². The predicted octanol–water partition coefficient (Wildman–Crippen LogP) is 1.62. The third kappa shape index (κ3) is 3.14. The number of carbonyl (C=O) groups is 1. The van der Waals surface area contributed by atoms with E-state index < -0.39 is 0 Å². The molecule has 1 heterocycles. The molecular formula is C11H10IN5O. The van der Waals surface area contributed by atoms with Crippen molar-refractivity contribution in [1.29, 1.82) is 0 Å². The lowest BCUT2D eigenvalue weighted by molar-refractivity contribution is 0.102. The van der Waals surface area contributed by atoms with Gasteiger partial charge < -0.3 is 10.7 Å². The van der Waals surface area contributed by atoms with Crippen LogP contribution >= 0.6 is 22.6 Å². The Morgan fingerprint density at radius 1 is 1.28 bits per heavy atom. The Hall–Kier alpha value is -1.74. The van der Waals surface area contributed by atoms with Crippen LogP contribution in [-0.4, -0.2) is 15.9 Å². The van der Waals surface area contributed by atoms with Crippen LogP contribution in [0.5, 0.6) is 0 Å². The molecule has 0 saturated heterocycles. The first-order valence-electron chi connectivity index (χ1n) is 5.04. The number of benzene rings is 1. The van der Waals surface area contributed by atoms with Crippen LogP contribution in [0.4, 0.5) is 11.5 Å². The number of aromatic nitrogens is 2. The molecule has 6 nitrogen and oxygen atoms in total. The number of halogens is 1. The Kier molecular flexibility index (Phi) is 4.05. The molecule has 1 amide bonds. The Balaban J connectivity index is 2.11. The first-order valence-corrected chi connectivity index (χ1v) is 6.12. The van der Waals surface area contributed by atoms with Crippen LogP contribution < -0.4 is 16.6 Å². The molecule has 0 fully saturated rings. The van der Waals surface area contributed by atoms with Gasteiger partial charge in [-0.3, -0.25) is 4.79 Å². The zero-order valence-electron chi connectivity index (χ0n) is 9.22. The summed E-state index contributed by atoms with van der Waals surface area (Å²) in [4.78, 5) is 19.7. The lowest BCUT2D eigenvalue weighted by Crippen LogP contribution is -2.15. The van der Waals surface area contributed by atoms with Gasteiger partial charge in [-0.1, -0.05) is 6.07 Å². The summed E-state index contributed by atoms with van der Waals surface area (Å²) < 4.78 is 1.04. The van der Waals surface area contributed by atoms with Gasteiger partial charge in [0.2, 0.25) is 0 Å².